The molecule has 1 aliphatic heterocycles. The van der Waals surface area contributed by atoms with Crippen molar-refractivity contribution in [2.24, 2.45) is 0 Å². The third-order valence-corrected chi connectivity index (χ3v) is 5.21. The van der Waals surface area contributed by atoms with Crippen molar-refractivity contribution in [1.82, 2.24) is 4.90 Å². The Morgan fingerprint density at radius 1 is 1.06 bits per heavy atom. The van der Waals surface area contributed by atoms with Crippen LogP contribution in [0.2, 0.25) is 0 Å². The van der Waals surface area contributed by atoms with Crippen molar-refractivity contribution in [2.75, 3.05) is 13.7 Å². The van der Waals surface area contributed by atoms with Gasteiger partial charge in [0.15, 0.2) is 0 Å². The van der Waals surface area contributed by atoms with Crippen LogP contribution in [-0.2, 0) is 16.1 Å². The number of carbonyl (C=O) groups excluding carboxylic acids is 1. The monoisotopic (exact) mass is 423 g/mol. The number of benzene rings is 2. The van der Waals surface area contributed by atoms with Gasteiger partial charge in [0.1, 0.15) is 11.4 Å². The van der Waals surface area contributed by atoms with Crippen molar-refractivity contribution < 1.29 is 19.0 Å². The Labute approximate surface area is 185 Å². The number of methoxy groups -OCH3 is 1. The molecule has 2 atom stereocenters. The Hall–Kier alpha value is -2.79. The normalized spacial score (nSPS) is 17.3. The van der Waals surface area contributed by atoms with E-state index in [1.54, 1.807) is 7.11 Å². The molecule has 0 bridgehead atoms. The molecule has 0 fully saturated rings. The highest BCUT2D eigenvalue weighted by Crippen LogP contribution is 2.30. The van der Waals surface area contributed by atoms with Crippen molar-refractivity contribution in [3.63, 3.8) is 0 Å². The highest BCUT2D eigenvalue weighted by molar-refractivity contribution is 5.69. The van der Waals surface area contributed by atoms with Gasteiger partial charge in [0, 0.05) is 12.6 Å². The summed E-state index contributed by atoms with van der Waals surface area (Å²) < 4.78 is 17.3. The maximum absolute atomic E-state index is 12.8. The number of nitrogens with zero attached hydrogens (tertiary/aromatic N) is 1. The van der Waals surface area contributed by atoms with E-state index in [2.05, 4.69) is 18.2 Å². The third kappa shape index (κ3) is 6.86. The van der Waals surface area contributed by atoms with E-state index in [1.807, 2.05) is 74.2 Å². The minimum atomic E-state index is -0.521. The first-order valence-electron chi connectivity index (χ1n) is 10.8. The zero-order valence-electron chi connectivity index (χ0n) is 18.9. The summed E-state index contributed by atoms with van der Waals surface area (Å²) in [6.45, 7) is 6.72. The lowest BCUT2D eigenvalue weighted by Gasteiger charge is -2.36. The van der Waals surface area contributed by atoms with Crippen LogP contribution in [0.5, 0.6) is 5.75 Å². The first kappa shape index (κ1) is 22.9. The van der Waals surface area contributed by atoms with Crippen LogP contribution in [-0.4, -0.2) is 36.3 Å². The van der Waals surface area contributed by atoms with Gasteiger partial charge in [-0.2, -0.15) is 0 Å². The van der Waals surface area contributed by atoms with Crippen LogP contribution in [0.4, 0.5) is 4.79 Å². The molecule has 0 N–H and O–H groups in total. The molecule has 0 aliphatic carbocycles. The summed E-state index contributed by atoms with van der Waals surface area (Å²) in [5.41, 5.74) is 1.66. The highest BCUT2D eigenvalue weighted by Gasteiger charge is 2.31. The van der Waals surface area contributed by atoms with Crippen molar-refractivity contribution in [3.05, 3.63) is 77.9 Å². The number of rotatable bonds is 7. The molecule has 5 heteroatoms. The Bertz CT molecular complexity index is 855. The van der Waals surface area contributed by atoms with Gasteiger partial charge in [-0.1, -0.05) is 54.6 Å². The van der Waals surface area contributed by atoms with E-state index in [4.69, 9.17) is 14.2 Å². The number of ether oxygens (including phenoxy) is 3. The number of hydrogen-bond donors (Lipinski definition) is 0. The molecule has 0 spiro atoms. The van der Waals surface area contributed by atoms with Crippen LogP contribution in [0.1, 0.15) is 50.8 Å². The third-order valence-electron chi connectivity index (χ3n) is 5.21. The summed E-state index contributed by atoms with van der Waals surface area (Å²) in [6, 6.07) is 18.1. The average Bonchev–Trinajstić information content (AvgIpc) is 2.76. The number of hydrogen-bond acceptors (Lipinski definition) is 4. The van der Waals surface area contributed by atoms with Crippen molar-refractivity contribution in [2.45, 2.75) is 58.0 Å². The number of amides is 1. The first-order valence-corrected chi connectivity index (χ1v) is 10.8. The standard InChI is InChI=1S/C26H33NO4/c1-26(2,3)31-25(28)27-17-9-8-12-22(27)18-24(21-10-6-5-7-11-21)30-19-20-13-15-23(29-4)16-14-20/h5-11,13-16,22,24H,12,17-19H2,1-4H3/t22-,24-/m1/s1. The fourth-order valence-corrected chi connectivity index (χ4v) is 3.62. The highest BCUT2D eigenvalue weighted by atomic mass is 16.6. The molecule has 31 heavy (non-hydrogen) atoms. The van der Waals surface area contributed by atoms with Gasteiger partial charge in [-0.15, -0.1) is 0 Å². The van der Waals surface area contributed by atoms with E-state index in [0.717, 1.165) is 23.3 Å². The molecular weight excluding hydrogens is 390 g/mol. The molecular formula is C26H33NO4. The Balaban J connectivity index is 1.73. The summed E-state index contributed by atoms with van der Waals surface area (Å²) in [6.07, 6.45) is 5.24. The summed E-state index contributed by atoms with van der Waals surface area (Å²) in [4.78, 5) is 14.6. The van der Waals surface area contributed by atoms with Crippen molar-refractivity contribution in [3.8, 4) is 5.75 Å². The Morgan fingerprint density at radius 3 is 2.42 bits per heavy atom. The van der Waals surface area contributed by atoms with E-state index in [1.165, 1.54) is 0 Å². The molecule has 1 heterocycles. The van der Waals surface area contributed by atoms with Gasteiger partial charge in [0.05, 0.1) is 19.8 Å². The van der Waals surface area contributed by atoms with Gasteiger partial charge >= 0.3 is 6.09 Å². The van der Waals surface area contributed by atoms with E-state index in [-0.39, 0.29) is 18.2 Å². The lowest BCUT2D eigenvalue weighted by atomic mass is 9.97. The van der Waals surface area contributed by atoms with Crippen molar-refractivity contribution >= 4 is 6.09 Å². The van der Waals surface area contributed by atoms with Crippen LogP contribution in [0.15, 0.2) is 66.7 Å². The van der Waals surface area contributed by atoms with Gasteiger partial charge < -0.3 is 19.1 Å². The van der Waals surface area contributed by atoms with E-state index >= 15 is 0 Å². The average molecular weight is 424 g/mol. The van der Waals surface area contributed by atoms with Crippen LogP contribution in [0.3, 0.4) is 0 Å². The minimum absolute atomic E-state index is 0.0147. The van der Waals surface area contributed by atoms with Crippen LogP contribution < -0.4 is 4.74 Å². The maximum Gasteiger partial charge on any atom is 0.410 e. The quantitative estimate of drug-likeness (QED) is 0.520. The van der Waals surface area contributed by atoms with Gasteiger partial charge in [-0.25, -0.2) is 4.79 Å². The molecule has 0 aromatic heterocycles. The lowest BCUT2D eigenvalue weighted by Crippen LogP contribution is -2.45. The second kappa shape index (κ2) is 10.5. The van der Waals surface area contributed by atoms with E-state index < -0.39 is 5.60 Å². The molecule has 0 saturated heterocycles. The molecule has 0 saturated carbocycles. The van der Waals surface area contributed by atoms with Crippen molar-refractivity contribution in [1.29, 1.82) is 0 Å². The fourth-order valence-electron chi connectivity index (χ4n) is 3.62. The molecule has 3 rings (SSSR count). The molecule has 0 radical (unpaired) electrons. The smallest absolute Gasteiger partial charge is 0.410 e. The van der Waals surface area contributed by atoms with Crippen LogP contribution in [0, 0.1) is 0 Å². The second-order valence-electron chi connectivity index (χ2n) is 8.79. The van der Waals surface area contributed by atoms with Gasteiger partial charge in [-0.3, -0.25) is 0 Å². The van der Waals surface area contributed by atoms with Gasteiger partial charge in [0.2, 0.25) is 0 Å². The molecule has 166 valence electrons. The van der Waals surface area contributed by atoms with Gasteiger partial charge in [0.25, 0.3) is 0 Å². The predicted molar refractivity (Wildman–Crippen MR) is 122 cm³/mol. The molecule has 0 unspecified atom stereocenters. The first-order chi connectivity index (χ1) is 14.9. The fraction of sp³-hybridized carbons (Fsp3) is 0.423. The molecule has 2 aromatic carbocycles. The topological polar surface area (TPSA) is 48.0 Å². The predicted octanol–water partition coefficient (Wildman–Crippen LogP) is 5.91. The van der Waals surface area contributed by atoms with E-state index in [0.29, 0.717) is 19.6 Å². The Kier molecular flexibility index (Phi) is 7.75. The zero-order chi connectivity index (χ0) is 22.3. The molecule has 5 nitrogen and oxygen atoms in total. The lowest BCUT2D eigenvalue weighted by molar-refractivity contribution is -0.00510. The zero-order valence-corrected chi connectivity index (χ0v) is 18.9. The van der Waals surface area contributed by atoms with Crippen LogP contribution >= 0.6 is 0 Å². The minimum Gasteiger partial charge on any atom is -0.497 e. The second-order valence-corrected chi connectivity index (χ2v) is 8.79. The molecule has 2 aromatic rings. The molecule has 1 amide bonds. The largest absolute Gasteiger partial charge is 0.497 e. The SMILES string of the molecule is COc1ccc(CO[C@H](C[C@H]2CC=CCN2C(=O)OC(C)(C)C)c2ccccc2)cc1. The van der Waals surface area contributed by atoms with Crippen LogP contribution in [0.25, 0.3) is 0 Å². The summed E-state index contributed by atoms with van der Waals surface area (Å²) in [7, 11) is 1.66. The van der Waals surface area contributed by atoms with Gasteiger partial charge in [-0.05, 0) is 56.9 Å². The maximum atomic E-state index is 12.8. The summed E-state index contributed by atoms with van der Waals surface area (Å²) in [5, 5.41) is 0. The molecule has 1 aliphatic rings. The Morgan fingerprint density at radius 2 is 1.77 bits per heavy atom. The summed E-state index contributed by atoms with van der Waals surface area (Å²) >= 11 is 0. The summed E-state index contributed by atoms with van der Waals surface area (Å²) in [5.74, 6) is 0.824. The van der Waals surface area contributed by atoms with E-state index in [9.17, 15) is 4.79 Å². The number of carbonyl (C=O) groups is 1.